The zero-order chi connectivity index (χ0) is 26.4. The van der Waals surface area contributed by atoms with Crippen molar-refractivity contribution in [1.82, 2.24) is 0 Å². The van der Waals surface area contributed by atoms with Gasteiger partial charge in [-0.25, -0.2) is 0 Å². The van der Waals surface area contributed by atoms with Gasteiger partial charge in [0.1, 0.15) is 0 Å². The second-order valence-corrected chi connectivity index (χ2v) is 9.07. The summed E-state index contributed by atoms with van der Waals surface area (Å²) < 4.78 is 82.2. The topological polar surface area (TPSA) is 57.6 Å². The lowest BCUT2D eigenvalue weighted by atomic mass is 9.84. The molecule has 10 heteroatoms. The van der Waals surface area contributed by atoms with Crippen LogP contribution in [0, 0.1) is 0 Å². The van der Waals surface area contributed by atoms with Gasteiger partial charge in [0.2, 0.25) is 0 Å². The maximum Gasteiger partial charge on any atom is 0.417 e. The number of alkyl halides is 6. The van der Waals surface area contributed by atoms with Crippen molar-refractivity contribution >= 4 is 17.3 Å². The minimum Gasteiger partial charge on any atom is -0.391 e. The van der Waals surface area contributed by atoms with Crippen molar-refractivity contribution in [2.45, 2.75) is 57.1 Å². The molecule has 1 heterocycles. The van der Waals surface area contributed by atoms with Gasteiger partial charge >= 0.3 is 12.4 Å². The number of carbonyl (C=O) groups is 2. The second kappa shape index (κ2) is 9.38. The van der Waals surface area contributed by atoms with Gasteiger partial charge in [-0.05, 0) is 55.5 Å². The van der Waals surface area contributed by atoms with Crippen LogP contribution in [-0.2, 0) is 30.0 Å². The highest BCUT2D eigenvalue weighted by atomic mass is 19.4. The number of rotatable bonds is 5. The molecule has 1 aliphatic heterocycles. The number of halogens is 6. The lowest BCUT2D eigenvalue weighted by molar-refractivity contribution is -0.139. The third kappa shape index (κ3) is 4.91. The van der Waals surface area contributed by atoms with Crippen LogP contribution in [-0.4, -0.2) is 35.4 Å². The fourth-order valence-electron chi connectivity index (χ4n) is 5.00. The molecule has 192 valence electrons. The number of nitrogens with zero attached hydrogens (tertiary/aromatic N) is 1. The Morgan fingerprint density at radius 1 is 1.08 bits per heavy atom. The van der Waals surface area contributed by atoms with Gasteiger partial charge in [-0.1, -0.05) is 24.3 Å². The molecule has 2 aromatic carbocycles. The first-order valence-electron chi connectivity index (χ1n) is 11.4. The van der Waals surface area contributed by atoms with Crippen LogP contribution < -0.4 is 4.90 Å². The van der Waals surface area contributed by atoms with E-state index in [2.05, 4.69) is 0 Å². The van der Waals surface area contributed by atoms with Gasteiger partial charge < -0.3 is 10.0 Å². The molecule has 0 radical (unpaired) electrons. The third-order valence-corrected chi connectivity index (χ3v) is 6.69. The molecule has 0 saturated carbocycles. The van der Waals surface area contributed by atoms with Gasteiger partial charge in [0.15, 0.2) is 11.6 Å². The average Bonchev–Trinajstić information content (AvgIpc) is 3.28. The molecule has 0 bridgehead atoms. The quantitative estimate of drug-likeness (QED) is 0.423. The molecule has 0 amide bonds. The summed E-state index contributed by atoms with van der Waals surface area (Å²) in [4.78, 5) is 27.5. The van der Waals surface area contributed by atoms with E-state index in [1.54, 1.807) is 11.8 Å². The zero-order valence-electron chi connectivity index (χ0n) is 19.2. The first-order chi connectivity index (χ1) is 16.8. The van der Waals surface area contributed by atoms with E-state index in [1.807, 2.05) is 0 Å². The number of ketones is 2. The Bertz CT molecular complexity index is 1230. The van der Waals surface area contributed by atoms with Crippen LogP contribution in [0.3, 0.4) is 0 Å². The van der Waals surface area contributed by atoms with Crippen molar-refractivity contribution in [3.8, 4) is 0 Å². The summed E-state index contributed by atoms with van der Waals surface area (Å²) in [5, 5.41) is 9.98. The van der Waals surface area contributed by atoms with Crippen LogP contribution in [0.2, 0.25) is 0 Å². The molecule has 1 unspecified atom stereocenters. The highest BCUT2D eigenvalue weighted by Gasteiger charge is 2.40. The minimum atomic E-state index is -4.83. The van der Waals surface area contributed by atoms with E-state index in [-0.39, 0.29) is 29.3 Å². The molecule has 2 atom stereocenters. The molecule has 4 nitrogen and oxygen atoms in total. The van der Waals surface area contributed by atoms with Gasteiger partial charge in [-0.3, -0.25) is 9.59 Å². The molecule has 1 saturated heterocycles. The highest BCUT2D eigenvalue weighted by molar-refractivity contribution is 6.28. The predicted octanol–water partition coefficient (Wildman–Crippen LogP) is 5.55. The summed E-state index contributed by atoms with van der Waals surface area (Å²) in [7, 11) is 0. The molecule has 4 rings (SSSR count). The minimum absolute atomic E-state index is 0.102. The fraction of sp³-hybridized carbons (Fsp3) is 0.385. The molecule has 1 N–H and O–H groups in total. The van der Waals surface area contributed by atoms with Crippen LogP contribution >= 0.6 is 0 Å². The van der Waals surface area contributed by atoms with E-state index in [4.69, 9.17) is 0 Å². The van der Waals surface area contributed by atoms with E-state index >= 15 is 0 Å². The Morgan fingerprint density at radius 3 is 2.42 bits per heavy atom. The summed E-state index contributed by atoms with van der Waals surface area (Å²) in [5.74, 6) is -2.12. The zero-order valence-corrected chi connectivity index (χ0v) is 19.2. The van der Waals surface area contributed by atoms with Gasteiger partial charge in [-0.2, -0.15) is 26.3 Å². The lowest BCUT2D eigenvalue weighted by Crippen LogP contribution is -2.37. The summed E-state index contributed by atoms with van der Waals surface area (Å²) >= 11 is 0. The van der Waals surface area contributed by atoms with Crippen molar-refractivity contribution in [2.75, 3.05) is 11.4 Å². The molecule has 0 aromatic heterocycles. The summed E-state index contributed by atoms with van der Waals surface area (Å²) in [6.07, 6.45) is -8.81. The van der Waals surface area contributed by atoms with Crippen molar-refractivity contribution in [2.24, 2.45) is 0 Å². The Balaban J connectivity index is 1.65. The number of fused-ring (bicyclic) bond motifs is 1. The first-order valence-corrected chi connectivity index (χ1v) is 11.4. The summed E-state index contributed by atoms with van der Waals surface area (Å²) in [6.45, 7) is 2.03. The fourth-order valence-corrected chi connectivity index (χ4v) is 5.00. The first kappa shape index (κ1) is 25.9. The van der Waals surface area contributed by atoms with Gasteiger partial charge in [0, 0.05) is 24.2 Å². The Morgan fingerprint density at radius 2 is 1.78 bits per heavy atom. The molecule has 2 aromatic rings. The highest BCUT2D eigenvalue weighted by Crippen LogP contribution is 2.39. The molecule has 1 aliphatic carbocycles. The smallest absolute Gasteiger partial charge is 0.391 e. The standard InChI is InChI=1S/C26H23F6NO3/c1-14(34)21-6-3-11-33(21)17-9-7-16(20(13-17)26(30,31)32)12-22(35)18-10-8-15-4-2-5-19(25(27,28)29)23(15)24(18)36/h2,4-5,7,9-10,13-14,21,34H,3,6,8,11-12H2,1H3/t14-,21?/m1/s1. The van der Waals surface area contributed by atoms with Crippen molar-refractivity contribution in [1.29, 1.82) is 0 Å². The molecular weight excluding hydrogens is 488 g/mol. The third-order valence-electron chi connectivity index (χ3n) is 6.69. The number of carbonyl (C=O) groups excluding carboxylic acids is 2. The largest absolute Gasteiger partial charge is 0.417 e. The second-order valence-electron chi connectivity index (χ2n) is 9.07. The Labute approximate surface area is 203 Å². The Kier molecular flexibility index (Phi) is 6.76. The van der Waals surface area contributed by atoms with E-state index in [9.17, 15) is 41.0 Å². The van der Waals surface area contributed by atoms with Gasteiger partial charge in [-0.15, -0.1) is 0 Å². The normalized spacial score (nSPS) is 19.2. The summed E-state index contributed by atoms with van der Waals surface area (Å²) in [5.41, 5.74) is -3.46. The van der Waals surface area contributed by atoms with E-state index in [0.29, 0.717) is 19.4 Å². The predicted molar refractivity (Wildman–Crippen MR) is 120 cm³/mol. The van der Waals surface area contributed by atoms with Crippen LogP contribution in [0.15, 0.2) is 48.0 Å². The SMILES string of the molecule is C[C@@H](O)C1CCCN1c1ccc(CC(=O)C2=CCc3cccc(C(F)(F)F)c3C2=O)c(C(F)(F)F)c1. The number of hydrogen-bond acceptors (Lipinski definition) is 4. The molecule has 0 spiro atoms. The van der Waals surface area contributed by atoms with Crippen molar-refractivity contribution < 1.29 is 41.0 Å². The number of aliphatic hydroxyl groups is 1. The van der Waals surface area contributed by atoms with Crippen molar-refractivity contribution in [3.05, 3.63) is 75.9 Å². The summed E-state index contributed by atoms with van der Waals surface area (Å²) in [6, 6.07) is 6.39. The molecule has 1 fully saturated rings. The van der Waals surface area contributed by atoms with Gasteiger partial charge in [0.05, 0.1) is 28.8 Å². The van der Waals surface area contributed by atoms with Gasteiger partial charge in [0.25, 0.3) is 0 Å². The maximum absolute atomic E-state index is 13.9. The molecule has 2 aliphatic rings. The van der Waals surface area contributed by atoms with Crippen LogP contribution in [0.1, 0.15) is 52.4 Å². The van der Waals surface area contributed by atoms with Crippen molar-refractivity contribution in [3.63, 3.8) is 0 Å². The number of allylic oxidation sites excluding steroid dienone is 2. The number of Topliss-reactive ketones (excluding diaryl/α,β-unsaturated/α-hetero) is 2. The van der Waals surface area contributed by atoms with Crippen LogP contribution in [0.4, 0.5) is 32.0 Å². The average molecular weight is 511 g/mol. The number of anilines is 1. The molecular formula is C26H23F6NO3. The lowest BCUT2D eigenvalue weighted by Gasteiger charge is -2.30. The van der Waals surface area contributed by atoms with E-state index < -0.39 is 58.7 Å². The van der Waals surface area contributed by atoms with Crippen LogP contribution in [0.25, 0.3) is 0 Å². The number of hydrogen-bond donors (Lipinski definition) is 1. The number of aliphatic hydroxyl groups excluding tert-OH is 1. The van der Waals surface area contributed by atoms with E-state index in [1.165, 1.54) is 18.2 Å². The maximum atomic E-state index is 13.9. The molecule has 36 heavy (non-hydrogen) atoms. The van der Waals surface area contributed by atoms with E-state index in [0.717, 1.165) is 24.3 Å². The van der Waals surface area contributed by atoms with Crippen LogP contribution in [0.5, 0.6) is 0 Å². The monoisotopic (exact) mass is 511 g/mol. The Hall–Kier alpha value is -3.14. The number of benzene rings is 2.